The van der Waals surface area contributed by atoms with Crippen LogP contribution in [-0.4, -0.2) is 56.2 Å². The molecular formula is C43H55N3O7Si. The highest BCUT2D eigenvalue weighted by molar-refractivity contribution is 6.74. The number of aliphatic hydroxyl groups is 1. The van der Waals surface area contributed by atoms with Crippen molar-refractivity contribution in [3.63, 3.8) is 0 Å². The summed E-state index contributed by atoms with van der Waals surface area (Å²) < 4.78 is 24.3. The first-order valence-electron chi connectivity index (χ1n) is 18.4. The number of hydrogen-bond donors (Lipinski definition) is 5. The Morgan fingerprint density at radius 2 is 1.65 bits per heavy atom. The lowest BCUT2D eigenvalue weighted by atomic mass is 10.0. The average molecular weight is 754 g/mol. The smallest absolute Gasteiger partial charge is 0.268 e. The molecule has 1 aromatic heterocycles. The van der Waals surface area contributed by atoms with Gasteiger partial charge in [0.25, 0.3) is 5.91 Å². The third kappa shape index (κ3) is 9.83. The highest BCUT2D eigenvalue weighted by atomic mass is 28.4. The molecule has 0 aliphatic carbocycles. The Balaban J connectivity index is 1.24. The van der Waals surface area contributed by atoms with Gasteiger partial charge in [0.05, 0.1) is 39.0 Å². The molecule has 0 radical (unpaired) electrons. The number of carbonyl (C=O) groups excluding carboxylic acids is 1. The van der Waals surface area contributed by atoms with E-state index in [4.69, 9.17) is 18.6 Å². The summed E-state index contributed by atoms with van der Waals surface area (Å²) >= 11 is 0. The number of aliphatic hydroxyl groups excluding tert-OH is 1. The van der Waals surface area contributed by atoms with E-state index in [-0.39, 0.29) is 42.0 Å². The molecule has 5 N–H and O–H groups in total. The molecule has 10 nitrogen and oxygen atoms in total. The van der Waals surface area contributed by atoms with Gasteiger partial charge in [0.15, 0.2) is 19.8 Å². The zero-order valence-electron chi connectivity index (χ0n) is 32.7. The van der Waals surface area contributed by atoms with Gasteiger partial charge in [-0.05, 0) is 90.6 Å². The number of benzene rings is 4. The number of aromatic hydroxyl groups is 1. The van der Waals surface area contributed by atoms with Crippen LogP contribution in [0.1, 0.15) is 72.1 Å². The van der Waals surface area contributed by atoms with E-state index in [0.29, 0.717) is 47.2 Å². The molecule has 4 aromatic carbocycles. The Morgan fingerprint density at radius 1 is 0.907 bits per heavy atom. The molecule has 11 heteroatoms. The summed E-state index contributed by atoms with van der Waals surface area (Å²) in [6, 6.07) is 27.0. The second kappa shape index (κ2) is 17.6. The van der Waals surface area contributed by atoms with Crippen molar-refractivity contribution < 1.29 is 33.6 Å². The Labute approximate surface area is 320 Å². The van der Waals surface area contributed by atoms with Gasteiger partial charge in [-0.3, -0.25) is 4.79 Å². The van der Waals surface area contributed by atoms with E-state index in [0.717, 1.165) is 34.0 Å². The highest BCUT2D eigenvalue weighted by Crippen LogP contribution is 2.40. The van der Waals surface area contributed by atoms with Crippen LogP contribution >= 0.6 is 0 Å². The van der Waals surface area contributed by atoms with Crippen molar-refractivity contribution in [1.29, 1.82) is 0 Å². The molecule has 5 aromatic rings. The highest BCUT2D eigenvalue weighted by Gasteiger charge is 2.39. The maximum absolute atomic E-state index is 13.4. The van der Waals surface area contributed by atoms with Gasteiger partial charge < -0.3 is 44.5 Å². The molecule has 0 bridgehead atoms. The van der Waals surface area contributed by atoms with Crippen LogP contribution in [0.3, 0.4) is 0 Å². The van der Waals surface area contributed by atoms with E-state index >= 15 is 0 Å². The van der Waals surface area contributed by atoms with Crippen molar-refractivity contribution >= 4 is 25.1 Å². The van der Waals surface area contributed by atoms with E-state index in [9.17, 15) is 15.0 Å². The molecule has 54 heavy (non-hydrogen) atoms. The number of aromatic nitrogens is 1. The number of ether oxygens (including phenoxy) is 3. The first-order chi connectivity index (χ1) is 25.7. The van der Waals surface area contributed by atoms with Gasteiger partial charge in [0, 0.05) is 29.1 Å². The molecule has 0 saturated heterocycles. The summed E-state index contributed by atoms with van der Waals surface area (Å²) in [6.07, 6.45) is 0.506. The number of fused-ring (bicyclic) bond motifs is 1. The van der Waals surface area contributed by atoms with E-state index < -0.39 is 8.32 Å². The van der Waals surface area contributed by atoms with Gasteiger partial charge in [-0.1, -0.05) is 63.2 Å². The van der Waals surface area contributed by atoms with Crippen molar-refractivity contribution in [1.82, 2.24) is 15.6 Å². The number of H-pyrrole nitrogens is 1. The van der Waals surface area contributed by atoms with Crippen molar-refractivity contribution in [2.24, 2.45) is 0 Å². The number of phenols is 1. The minimum Gasteiger partial charge on any atom is -0.508 e. The molecule has 1 amide bonds. The van der Waals surface area contributed by atoms with E-state index in [2.05, 4.69) is 68.5 Å². The fraction of sp³-hybridized carbons (Fsp3) is 0.372. The van der Waals surface area contributed by atoms with Gasteiger partial charge >= 0.3 is 0 Å². The van der Waals surface area contributed by atoms with Crippen LogP contribution in [0.5, 0.6) is 23.0 Å². The average Bonchev–Trinajstić information content (AvgIpc) is 3.58. The first-order valence-corrected chi connectivity index (χ1v) is 21.3. The summed E-state index contributed by atoms with van der Waals surface area (Å²) in [7, 11) is 1.01. The maximum Gasteiger partial charge on any atom is 0.268 e. The topological polar surface area (TPSA) is 134 Å². The van der Waals surface area contributed by atoms with Crippen molar-refractivity contribution in [2.45, 2.75) is 84.2 Å². The van der Waals surface area contributed by atoms with Gasteiger partial charge in [-0.15, -0.1) is 0 Å². The predicted octanol–water partition coefficient (Wildman–Crippen LogP) is 8.18. The Morgan fingerprint density at radius 3 is 2.33 bits per heavy atom. The summed E-state index contributed by atoms with van der Waals surface area (Å²) in [4.78, 5) is 16.7. The second-order valence-corrected chi connectivity index (χ2v) is 20.0. The standard InChI is InChI=1S/C43H55N3O7Si/c1-28(44-25-40(53-54(7,8)43(2,3)4)31-15-17-37(48)33(22-31)26-47)20-30-14-16-35-32(21-30)23-36(46-35)42(49)45-24-34-38(50-5)18-19-39(41(34)51-6)52-27-29-12-10-9-11-13-29/h9-19,21-23,28,40,44,46-48H,20,24-27H2,1-8H3,(H,45,49)/t28-,40-/m1/s1. The quantitative estimate of drug-likeness (QED) is 0.0601. The third-order valence-electron chi connectivity index (χ3n) is 10.3. The van der Waals surface area contributed by atoms with Gasteiger partial charge in [-0.2, -0.15) is 0 Å². The molecule has 288 valence electrons. The zero-order valence-corrected chi connectivity index (χ0v) is 33.7. The van der Waals surface area contributed by atoms with Crippen LogP contribution in [0.4, 0.5) is 0 Å². The van der Waals surface area contributed by atoms with Crippen molar-refractivity contribution in [2.75, 3.05) is 20.8 Å². The molecule has 0 unspecified atom stereocenters. The van der Waals surface area contributed by atoms with Crippen molar-refractivity contribution in [3.05, 3.63) is 118 Å². The second-order valence-electron chi connectivity index (χ2n) is 15.3. The minimum absolute atomic E-state index is 0.0116. The third-order valence-corrected chi connectivity index (χ3v) is 14.8. The molecule has 0 aliphatic heterocycles. The van der Waals surface area contributed by atoms with Crippen LogP contribution in [0.15, 0.2) is 84.9 Å². The lowest BCUT2D eigenvalue weighted by Crippen LogP contribution is -2.44. The number of amides is 1. The molecule has 0 saturated carbocycles. The minimum atomic E-state index is -2.15. The van der Waals surface area contributed by atoms with Crippen LogP contribution in [0.2, 0.25) is 18.1 Å². The van der Waals surface area contributed by atoms with E-state index in [1.54, 1.807) is 20.3 Å². The SMILES string of the molecule is COc1ccc(OCc2ccccc2)c(OC)c1CNC(=O)c1cc2cc(C[C@@H](C)NC[C@@H](O[Si](C)(C)C(C)(C)C)c3ccc(O)c(CO)c3)ccc2[nH]1. The number of methoxy groups -OCH3 is 2. The summed E-state index contributed by atoms with van der Waals surface area (Å²) in [6.45, 7) is 14.1. The lowest BCUT2D eigenvalue weighted by Gasteiger charge is -2.40. The Kier molecular flexibility index (Phi) is 13.1. The fourth-order valence-corrected chi connectivity index (χ4v) is 7.43. The number of rotatable bonds is 17. The molecule has 0 fully saturated rings. The monoisotopic (exact) mass is 753 g/mol. The maximum atomic E-state index is 13.4. The van der Waals surface area contributed by atoms with Crippen molar-refractivity contribution in [3.8, 4) is 23.0 Å². The first kappa shape index (κ1) is 40.4. The van der Waals surface area contributed by atoms with Gasteiger partial charge in [0.2, 0.25) is 0 Å². The number of hydrogen-bond acceptors (Lipinski definition) is 8. The van der Waals surface area contributed by atoms with E-state index in [1.165, 1.54) is 0 Å². The molecule has 0 aliphatic rings. The number of aromatic amines is 1. The van der Waals surface area contributed by atoms with Gasteiger partial charge in [-0.25, -0.2) is 0 Å². The van der Waals surface area contributed by atoms with Crippen LogP contribution in [0, 0.1) is 0 Å². The predicted molar refractivity (Wildman–Crippen MR) is 216 cm³/mol. The number of nitrogens with one attached hydrogen (secondary N) is 3. The fourth-order valence-electron chi connectivity index (χ4n) is 6.14. The van der Waals surface area contributed by atoms with Crippen LogP contribution in [-0.2, 0) is 30.6 Å². The largest absolute Gasteiger partial charge is 0.508 e. The molecule has 1 heterocycles. The molecule has 5 rings (SSSR count). The molecule has 0 spiro atoms. The molecular weight excluding hydrogens is 699 g/mol. The zero-order chi connectivity index (χ0) is 39.0. The summed E-state index contributed by atoms with van der Waals surface area (Å²) in [5.41, 5.74) is 5.55. The summed E-state index contributed by atoms with van der Waals surface area (Å²) in [5, 5.41) is 27.6. The summed E-state index contributed by atoms with van der Waals surface area (Å²) in [5.74, 6) is 1.46. The number of carbonyl (C=O) groups is 1. The van der Waals surface area contributed by atoms with Gasteiger partial charge in [0.1, 0.15) is 23.8 Å². The molecule has 2 atom stereocenters. The Hall–Kier alpha value is -4.81. The Bertz CT molecular complexity index is 2020. The van der Waals surface area contributed by atoms with Crippen LogP contribution < -0.4 is 24.8 Å². The lowest BCUT2D eigenvalue weighted by molar-refractivity contribution is 0.0946. The van der Waals surface area contributed by atoms with E-state index in [1.807, 2.05) is 66.7 Å². The normalized spacial score (nSPS) is 13.1. The van der Waals surface area contributed by atoms with Crippen LogP contribution in [0.25, 0.3) is 10.9 Å².